The van der Waals surface area contributed by atoms with Gasteiger partial charge in [0, 0.05) is 12.6 Å². The zero-order valence-electron chi connectivity index (χ0n) is 23.8. The molecule has 2 amide bonds. The second-order valence-corrected chi connectivity index (χ2v) is 11.7. The fraction of sp³-hybridized carbons (Fsp3) is 0.355. The third kappa shape index (κ3) is 7.85. The lowest BCUT2D eigenvalue weighted by Gasteiger charge is -2.33. The first-order valence-electron chi connectivity index (χ1n) is 13.5. The number of nitrogens with zero attached hydrogens (tertiary/aromatic N) is 2. The van der Waals surface area contributed by atoms with Gasteiger partial charge in [-0.3, -0.25) is 13.9 Å². The van der Waals surface area contributed by atoms with E-state index in [-0.39, 0.29) is 23.4 Å². The van der Waals surface area contributed by atoms with Crippen LogP contribution in [0.1, 0.15) is 45.2 Å². The molecule has 0 aromatic heterocycles. The van der Waals surface area contributed by atoms with E-state index in [0.29, 0.717) is 24.5 Å². The normalized spacial score (nSPS) is 12.1. The maximum atomic E-state index is 14.0. The van der Waals surface area contributed by atoms with Crippen molar-refractivity contribution in [3.05, 3.63) is 90.0 Å². The fourth-order valence-corrected chi connectivity index (χ4v) is 5.74. The summed E-state index contributed by atoms with van der Waals surface area (Å²) in [5.74, 6) is -0.210. The molecule has 0 aliphatic heterocycles. The Kier molecular flexibility index (Phi) is 10.7. The summed E-state index contributed by atoms with van der Waals surface area (Å²) < 4.78 is 34.5. The first kappa shape index (κ1) is 30.7. The molecule has 0 saturated carbocycles. The molecule has 0 saturated heterocycles. The Morgan fingerprint density at radius 3 is 2.08 bits per heavy atom. The highest BCUT2D eigenvalue weighted by atomic mass is 32.2. The van der Waals surface area contributed by atoms with Crippen LogP contribution in [-0.4, -0.2) is 50.4 Å². The second kappa shape index (κ2) is 14.0. The summed E-state index contributed by atoms with van der Waals surface area (Å²) in [7, 11) is -4.14. The van der Waals surface area contributed by atoms with Crippen LogP contribution >= 0.6 is 0 Å². The lowest BCUT2D eigenvalue weighted by molar-refractivity contribution is -0.140. The quantitative estimate of drug-likeness (QED) is 0.317. The van der Waals surface area contributed by atoms with Crippen LogP contribution < -0.4 is 14.4 Å². The fourth-order valence-electron chi connectivity index (χ4n) is 4.32. The first-order valence-corrected chi connectivity index (χ1v) is 15.0. The van der Waals surface area contributed by atoms with Crippen molar-refractivity contribution in [3.63, 3.8) is 0 Å². The Balaban J connectivity index is 2.03. The molecule has 0 fully saturated rings. The molecule has 214 valence electrons. The van der Waals surface area contributed by atoms with Crippen LogP contribution in [0.2, 0.25) is 0 Å². The minimum Gasteiger partial charge on any atom is -0.494 e. The summed E-state index contributed by atoms with van der Waals surface area (Å²) in [5, 5.41) is 2.90. The summed E-state index contributed by atoms with van der Waals surface area (Å²) in [6.45, 7) is 9.45. The Morgan fingerprint density at radius 1 is 0.900 bits per heavy atom. The SMILES string of the molecule is CCOc1ccc(S(=O)(=O)N(CC(=O)N(Cc2ccccc2)[C@H](CC)C(=O)NC(C)C)c2ccc(C)cc2)cc1. The third-order valence-corrected chi connectivity index (χ3v) is 8.12. The number of hydrogen-bond acceptors (Lipinski definition) is 5. The van der Waals surface area contributed by atoms with Crippen molar-refractivity contribution in [2.24, 2.45) is 0 Å². The van der Waals surface area contributed by atoms with E-state index in [0.717, 1.165) is 15.4 Å². The molecule has 0 aliphatic carbocycles. The molecule has 0 bridgehead atoms. The van der Waals surface area contributed by atoms with Crippen LogP contribution in [0.5, 0.6) is 5.75 Å². The van der Waals surface area contributed by atoms with E-state index < -0.39 is 28.5 Å². The summed E-state index contributed by atoms with van der Waals surface area (Å²) in [5.41, 5.74) is 2.14. The Hall–Kier alpha value is -3.85. The maximum Gasteiger partial charge on any atom is 0.264 e. The van der Waals surface area contributed by atoms with Crippen LogP contribution in [0.25, 0.3) is 0 Å². The topological polar surface area (TPSA) is 96.0 Å². The van der Waals surface area contributed by atoms with Crippen molar-refractivity contribution in [3.8, 4) is 5.75 Å². The first-order chi connectivity index (χ1) is 19.1. The van der Waals surface area contributed by atoms with E-state index in [9.17, 15) is 18.0 Å². The molecule has 0 spiro atoms. The molecule has 0 aliphatic rings. The predicted molar refractivity (Wildman–Crippen MR) is 158 cm³/mol. The summed E-state index contributed by atoms with van der Waals surface area (Å²) in [4.78, 5) is 28.7. The molecule has 3 aromatic carbocycles. The molecule has 8 nitrogen and oxygen atoms in total. The van der Waals surface area contributed by atoms with Crippen LogP contribution in [-0.2, 0) is 26.2 Å². The van der Waals surface area contributed by atoms with Gasteiger partial charge in [-0.25, -0.2) is 8.42 Å². The van der Waals surface area contributed by atoms with Crippen molar-refractivity contribution < 1.29 is 22.7 Å². The van der Waals surface area contributed by atoms with Crippen LogP contribution in [0.4, 0.5) is 5.69 Å². The summed E-state index contributed by atoms with van der Waals surface area (Å²) in [6.07, 6.45) is 0.368. The van der Waals surface area contributed by atoms with Crippen LogP contribution in [0.3, 0.4) is 0 Å². The van der Waals surface area contributed by atoms with E-state index in [1.54, 1.807) is 36.4 Å². The minimum absolute atomic E-state index is 0.0310. The number of rotatable bonds is 13. The smallest absolute Gasteiger partial charge is 0.264 e. The van der Waals surface area contributed by atoms with Crippen LogP contribution in [0.15, 0.2) is 83.8 Å². The monoisotopic (exact) mass is 565 g/mol. The van der Waals surface area contributed by atoms with Crippen molar-refractivity contribution >= 4 is 27.5 Å². The summed E-state index contributed by atoms with van der Waals surface area (Å²) in [6, 6.07) is 21.6. The Labute approximate surface area is 238 Å². The van der Waals surface area contributed by atoms with Crippen LogP contribution in [0, 0.1) is 6.92 Å². The number of amides is 2. The largest absolute Gasteiger partial charge is 0.494 e. The van der Waals surface area contributed by atoms with E-state index in [1.165, 1.54) is 17.0 Å². The van der Waals surface area contributed by atoms with Gasteiger partial charge in [-0.2, -0.15) is 0 Å². The zero-order valence-corrected chi connectivity index (χ0v) is 24.6. The zero-order chi connectivity index (χ0) is 29.3. The van der Waals surface area contributed by atoms with E-state index in [1.807, 2.05) is 65.0 Å². The highest BCUT2D eigenvalue weighted by Crippen LogP contribution is 2.26. The number of nitrogens with one attached hydrogen (secondary N) is 1. The van der Waals surface area contributed by atoms with Crippen molar-refractivity contribution in [2.75, 3.05) is 17.5 Å². The number of benzene rings is 3. The lowest BCUT2D eigenvalue weighted by Crippen LogP contribution is -2.53. The standard InChI is InChI=1S/C31H39N3O5S/c1-6-29(31(36)32-23(3)4)33(21-25-11-9-8-10-12-25)30(35)22-34(26-15-13-24(5)14-16-26)40(37,38)28-19-17-27(18-20-28)39-7-2/h8-20,23,29H,6-7,21-22H2,1-5H3,(H,32,36)/t29-/m1/s1. The van der Waals surface area contributed by atoms with Gasteiger partial charge in [0.25, 0.3) is 10.0 Å². The molecule has 1 atom stereocenters. The highest BCUT2D eigenvalue weighted by molar-refractivity contribution is 7.92. The number of hydrogen-bond donors (Lipinski definition) is 1. The molecule has 3 aromatic rings. The van der Waals surface area contributed by atoms with Gasteiger partial charge in [0.05, 0.1) is 17.2 Å². The number of aryl methyl sites for hydroxylation is 1. The van der Waals surface area contributed by atoms with Gasteiger partial charge in [0.1, 0.15) is 18.3 Å². The molecule has 0 radical (unpaired) electrons. The third-order valence-electron chi connectivity index (χ3n) is 6.34. The molecule has 9 heteroatoms. The van der Waals surface area contributed by atoms with Crippen molar-refractivity contribution in [2.45, 2.75) is 64.6 Å². The van der Waals surface area contributed by atoms with Gasteiger partial charge in [0.2, 0.25) is 11.8 Å². The average molecular weight is 566 g/mol. The maximum absolute atomic E-state index is 14.0. The Morgan fingerprint density at radius 2 is 1.52 bits per heavy atom. The molecule has 0 unspecified atom stereocenters. The number of carbonyl (C=O) groups excluding carboxylic acids is 2. The van der Waals surface area contributed by atoms with Gasteiger partial charge in [-0.1, -0.05) is 55.0 Å². The van der Waals surface area contributed by atoms with Gasteiger partial charge >= 0.3 is 0 Å². The highest BCUT2D eigenvalue weighted by Gasteiger charge is 2.33. The van der Waals surface area contributed by atoms with E-state index in [2.05, 4.69) is 5.32 Å². The van der Waals surface area contributed by atoms with Gasteiger partial charge in [-0.15, -0.1) is 0 Å². The molecule has 40 heavy (non-hydrogen) atoms. The number of carbonyl (C=O) groups is 2. The van der Waals surface area contributed by atoms with Gasteiger partial charge in [0.15, 0.2) is 0 Å². The van der Waals surface area contributed by atoms with E-state index >= 15 is 0 Å². The van der Waals surface area contributed by atoms with Crippen molar-refractivity contribution in [1.82, 2.24) is 10.2 Å². The predicted octanol–water partition coefficient (Wildman–Crippen LogP) is 4.92. The summed E-state index contributed by atoms with van der Waals surface area (Å²) >= 11 is 0. The second-order valence-electron chi connectivity index (χ2n) is 9.85. The molecular formula is C31H39N3O5S. The average Bonchev–Trinajstić information content (AvgIpc) is 2.92. The van der Waals surface area contributed by atoms with E-state index in [4.69, 9.17) is 4.74 Å². The van der Waals surface area contributed by atoms with Gasteiger partial charge < -0.3 is 15.0 Å². The molecule has 1 N–H and O–H groups in total. The van der Waals surface area contributed by atoms with Crippen molar-refractivity contribution in [1.29, 1.82) is 0 Å². The number of anilines is 1. The minimum atomic E-state index is -4.14. The molecule has 3 rings (SSSR count). The molecule has 0 heterocycles. The number of ether oxygens (including phenoxy) is 1. The van der Waals surface area contributed by atoms with Gasteiger partial charge in [-0.05, 0) is 76.1 Å². The lowest BCUT2D eigenvalue weighted by atomic mass is 10.1. The number of sulfonamides is 1. The molecular weight excluding hydrogens is 526 g/mol. The Bertz CT molecular complexity index is 1360.